The van der Waals surface area contributed by atoms with Crippen molar-refractivity contribution in [2.24, 2.45) is 11.8 Å². The molecule has 0 bridgehead atoms. The van der Waals surface area contributed by atoms with Crippen molar-refractivity contribution in [1.29, 1.82) is 0 Å². The lowest BCUT2D eigenvalue weighted by molar-refractivity contribution is -0.436. The number of allylic oxidation sites excluding steroid dienone is 12. The summed E-state index contributed by atoms with van der Waals surface area (Å²) in [4.78, 5) is 70.5. The van der Waals surface area contributed by atoms with E-state index in [1.54, 1.807) is 12.2 Å². The lowest BCUT2D eigenvalue weighted by Gasteiger charge is -2.29. The van der Waals surface area contributed by atoms with Crippen LogP contribution in [-0.2, 0) is 35.5 Å². The number of hydrogen-bond donors (Lipinski definition) is 3. The number of aromatic nitrogens is 2. The lowest BCUT2D eigenvalue weighted by atomic mass is 9.74. The van der Waals surface area contributed by atoms with Crippen LogP contribution in [0.3, 0.4) is 0 Å². The molecule has 2 aliphatic heterocycles. The Morgan fingerprint density at radius 2 is 0.915 bits per heavy atom. The van der Waals surface area contributed by atoms with Crippen molar-refractivity contribution in [2.45, 2.75) is 319 Å². The lowest BCUT2D eigenvalue weighted by Crippen LogP contribution is -2.29. The number of unbranched alkanes of at least 4 members (excludes halogenated alkanes) is 28. The summed E-state index contributed by atoms with van der Waals surface area (Å²) >= 11 is 11.6. The molecular weight excluding hydrogens is 1730 g/mol. The highest BCUT2D eigenvalue weighted by atomic mass is 32.1. The van der Waals surface area contributed by atoms with Crippen LogP contribution in [-0.4, -0.2) is 61.0 Å². The van der Waals surface area contributed by atoms with E-state index in [4.69, 9.17) is 19.7 Å². The Hall–Kier alpha value is -8.76. The standard InChI is InChI=1S/C97H116N4O5S6.C8H18.C5H2O5/c1-8-15-22-29-30-35-50-99-75-49-47-66(84-62-82(106-54-37-28-21-14-7)97(110-84)86-60-80-95(112-86)93-78(101(80)52-34-26-19-12-5)56-64(108-93)41-32-24-17-10-3)68-43-39-45-70(88(68)75)76(99)58-72-89(102)71(90(103)91(72)104)57-74-69-44-38-42-67-65(46-48-73(98-74)87(67)69)83-61-81(105-53-36-27-20-13-6)96(109-83)85-59-79-94(111-85)92-77(100(79)51-33-25-18-11-4)55-63(107-92)40-31-23-16-9-2;1-3-5-7-8-6-4-2;6-1-2(7)4(9)5(10)3(1)8/h38-39,42-49,55-62,67,87H,8-37,40-41,50-54H2,1-7H3,(H,102,104);3-8H2,1-2H3;6-7H. The van der Waals surface area contributed by atoms with Gasteiger partial charge in [-0.2, -0.15) is 4.58 Å². The van der Waals surface area contributed by atoms with E-state index in [2.05, 4.69) is 178 Å². The Labute approximate surface area is 793 Å². The van der Waals surface area contributed by atoms with Crippen molar-refractivity contribution in [3.8, 4) is 52.9 Å². The Morgan fingerprint density at radius 3 is 1.43 bits per heavy atom. The van der Waals surface area contributed by atoms with Crippen molar-refractivity contribution in [1.82, 2.24) is 14.5 Å². The number of ketones is 2. The number of carbonyl (C=O) groups excluding carboxylic acids is 2. The Balaban J connectivity index is 0.000000681. The van der Waals surface area contributed by atoms with E-state index in [9.17, 15) is 24.0 Å². The van der Waals surface area contributed by atoms with Crippen LogP contribution in [0.4, 0.5) is 5.69 Å². The summed E-state index contributed by atoms with van der Waals surface area (Å²) in [7, 11) is 0. The molecule has 1 fully saturated rings. The number of carbonyl (C=O) groups is 2. The zero-order valence-electron chi connectivity index (χ0n) is 78.4. The van der Waals surface area contributed by atoms with Crippen LogP contribution in [0, 0.1) is 11.8 Å². The molecule has 8 aromatic heterocycles. The number of thiophene rings is 6. The molecule has 0 radical (unpaired) electrons. The molecule has 5 aliphatic rings. The summed E-state index contributed by atoms with van der Waals surface area (Å²) in [5.74, 6) is -2.53. The van der Waals surface area contributed by atoms with Gasteiger partial charge in [-0.1, -0.05) is 284 Å². The molecule has 1 saturated heterocycles. The quantitative estimate of drug-likeness (QED) is 0.0142. The predicted molar refractivity (Wildman–Crippen MR) is 552 cm³/mol. The molecule has 2 atom stereocenters. The van der Waals surface area contributed by atoms with Crippen LogP contribution in [0.1, 0.15) is 314 Å². The highest BCUT2D eigenvalue weighted by molar-refractivity contribution is 7.32. The maximum absolute atomic E-state index is 15.3. The molecule has 0 saturated carbocycles. The van der Waals surface area contributed by atoms with Crippen LogP contribution in [0.15, 0.2) is 158 Å². The van der Waals surface area contributed by atoms with Gasteiger partial charge in [0.1, 0.15) is 18.0 Å². The average Bonchev–Trinajstić information content (AvgIpc) is 1.58. The molecule has 16 rings (SSSR count). The molecule has 0 amide bonds. The molecule has 3 N–H and O–H groups in total. The van der Waals surface area contributed by atoms with Gasteiger partial charge >= 0.3 is 0 Å². The minimum absolute atomic E-state index is 0.0127. The summed E-state index contributed by atoms with van der Waals surface area (Å²) in [6, 6.07) is 25.6. The van der Waals surface area contributed by atoms with E-state index in [0.717, 1.165) is 132 Å². The third kappa shape index (κ3) is 21.8. The van der Waals surface area contributed by atoms with Gasteiger partial charge in [0.15, 0.2) is 0 Å². The fourth-order valence-corrected chi connectivity index (χ4v) is 26.7. The fourth-order valence-electron chi connectivity index (χ4n) is 19.1. The second-order valence-corrected chi connectivity index (χ2v) is 42.6. The fraction of sp³-hybridized carbons (Fsp3) is 0.491. The normalized spacial score (nSPS) is 15.9. The van der Waals surface area contributed by atoms with Crippen molar-refractivity contribution < 1.29 is 39.0 Å². The third-order valence-electron chi connectivity index (χ3n) is 26.4. The first-order valence-electron chi connectivity index (χ1n) is 49.6. The van der Waals surface area contributed by atoms with Crippen LogP contribution in [0.25, 0.3) is 87.2 Å². The molecule has 20 heteroatoms. The van der Waals surface area contributed by atoms with Gasteiger partial charge < -0.3 is 39.2 Å². The molecule has 0 spiro atoms. The number of rotatable bonds is 50. The number of nitrogens with one attached hydrogen (secondary N) is 1. The van der Waals surface area contributed by atoms with E-state index < -0.39 is 45.1 Å². The molecule has 14 nitrogen and oxygen atoms in total. The summed E-state index contributed by atoms with van der Waals surface area (Å²) in [6.07, 6.45) is 61.0. The van der Waals surface area contributed by atoms with Gasteiger partial charge in [-0.05, 0) is 135 Å². The summed E-state index contributed by atoms with van der Waals surface area (Å²) < 4.78 is 27.1. The maximum Gasteiger partial charge on any atom is 0.280 e. The van der Waals surface area contributed by atoms with Crippen molar-refractivity contribution >= 4 is 148 Å². The van der Waals surface area contributed by atoms with Gasteiger partial charge in [-0.3, -0.25) is 24.0 Å². The Morgan fingerprint density at radius 1 is 0.446 bits per heavy atom. The number of ether oxygens (including phenoxy) is 2. The molecule has 2 unspecified atom stereocenters. The molecule has 130 heavy (non-hydrogen) atoms. The molecule has 10 heterocycles. The van der Waals surface area contributed by atoms with Crippen molar-refractivity contribution in [2.75, 3.05) is 19.8 Å². The van der Waals surface area contributed by atoms with E-state index in [0.29, 0.717) is 25.5 Å². The number of nitrogens with zero attached hydrogens (tertiary/aromatic N) is 3. The highest BCUT2D eigenvalue weighted by Crippen LogP contribution is 2.56. The van der Waals surface area contributed by atoms with Crippen LogP contribution in [0.5, 0.6) is 23.0 Å². The second-order valence-electron chi connectivity index (χ2n) is 36.1. The van der Waals surface area contributed by atoms with Gasteiger partial charge in [-0.25, -0.2) is 0 Å². The van der Waals surface area contributed by atoms with Gasteiger partial charge in [0.25, 0.3) is 16.3 Å². The first kappa shape index (κ1) is 97.3. The third-order valence-corrected chi connectivity index (χ3v) is 34.0. The van der Waals surface area contributed by atoms with Crippen molar-refractivity contribution in [3.05, 3.63) is 194 Å². The van der Waals surface area contributed by atoms with Crippen LogP contribution >= 0.6 is 68.0 Å². The van der Waals surface area contributed by atoms with Crippen molar-refractivity contribution in [3.63, 3.8) is 0 Å². The number of Topliss-reactive ketones (excluding diaryl/α,β-unsaturated/α-hetero) is 2. The topological polar surface area (TPSA) is 192 Å². The maximum atomic E-state index is 15.3. The summed E-state index contributed by atoms with van der Waals surface area (Å²) in [5, 5.41) is 38.1. The average molecular weight is 1870 g/mol. The predicted octanol–water partition coefficient (Wildman–Crippen LogP) is 29.9. The van der Waals surface area contributed by atoms with Gasteiger partial charge in [-0.15, -0.1) is 68.0 Å². The molecule has 692 valence electrons. The largest absolute Gasteiger partial charge is 0.871 e. The molecule has 3 aliphatic carbocycles. The second kappa shape index (κ2) is 47.2. The Kier molecular flexibility index (Phi) is 35.3. The zero-order chi connectivity index (χ0) is 91.3. The number of fused-ring (bicyclic) bond motifs is 6. The first-order chi connectivity index (χ1) is 63.5. The molecule has 3 aromatic carbocycles. The zero-order valence-corrected chi connectivity index (χ0v) is 83.3. The van der Waals surface area contributed by atoms with Gasteiger partial charge in [0, 0.05) is 91.1 Å². The van der Waals surface area contributed by atoms with Crippen LogP contribution in [0.2, 0.25) is 0 Å². The van der Waals surface area contributed by atoms with E-state index in [1.807, 2.05) is 68.0 Å². The summed E-state index contributed by atoms with van der Waals surface area (Å²) in [6.45, 7) is 24.6. The van der Waals surface area contributed by atoms with E-state index in [-0.39, 0.29) is 23.0 Å². The van der Waals surface area contributed by atoms with E-state index >= 15 is 5.11 Å². The van der Waals surface area contributed by atoms with Crippen LogP contribution < -0.4 is 36.2 Å². The SMILES string of the molecule is CCCCCCCC.CCCCCCCC[N+]1=C(/C=C2\C(=O)C(=O)C(/C=C3/NC4=CC=C(c5cc(OCCCCCC)c(-c6cc7c(s6)c6sc(CCCCCC)cc6n7CCCCCC)s5)C5C=CC=C3C45)=C2[O-])c2cccc3c(-c4cc(OCCCCCC)c(-c5cc6c(s5)c5sc(CCCCCC)cc5n6CCCCCC)s4)ccc1c23.O=c1c(O)c(O)c(=O)c1=O. The minimum Gasteiger partial charge on any atom is -0.871 e. The van der Waals surface area contributed by atoms with Gasteiger partial charge in [0.2, 0.25) is 34.5 Å². The van der Waals surface area contributed by atoms with Gasteiger partial charge in [0.05, 0.1) is 84.5 Å². The number of aromatic hydroxyl groups is 2. The number of benzene rings is 2. The smallest absolute Gasteiger partial charge is 0.280 e. The molecular formula is C110H136N4O10S6. The number of hydrogen-bond acceptors (Lipinski definition) is 17. The monoisotopic (exact) mass is 1860 g/mol. The molecule has 11 aromatic rings. The minimum atomic E-state index is -1.39. The Bertz CT molecular complexity index is 6180. The summed E-state index contributed by atoms with van der Waals surface area (Å²) in [5.41, 5.74) is 9.12. The van der Waals surface area contributed by atoms with E-state index in [1.165, 1.54) is 267 Å². The number of aryl methyl sites for hydroxylation is 4. The highest BCUT2D eigenvalue weighted by Gasteiger charge is 2.43. The first-order valence-corrected chi connectivity index (χ1v) is 54.5.